The highest BCUT2D eigenvalue weighted by molar-refractivity contribution is 14.1. The van der Waals surface area contributed by atoms with Crippen molar-refractivity contribution in [3.05, 3.63) is 31.2 Å². The highest BCUT2D eigenvalue weighted by Gasteiger charge is 2.02. The van der Waals surface area contributed by atoms with E-state index < -0.39 is 0 Å². The summed E-state index contributed by atoms with van der Waals surface area (Å²) in [5.41, 5.74) is 1.32. The molecule has 0 aliphatic rings. The first-order valence-corrected chi connectivity index (χ1v) is 4.69. The fourth-order valence-electron chi connectivity index (χ4n) is 1.03. The summed E-state index contributed by atoms with van der Waals surface area (Å²) < 4.78 is 0.928. The van der Waals surface area contributed by atoms with Crippen LogP contribution in [0.1, 0.15) is 0 Å². The first-order valence-electron chi connectivity index (χ1n) is 3.24. The summed E-state index contributed by atoms with van der Waals surface area (Å²) in [5, 5.41) is 0.651. The van der Waals surface area contributed by atoms with Gasteiger partial charge in [-0.1, -0.05) is 11.6 Å². The first-order chi connectivity index (χ1) is 5.66. The number of fused-ring (bicyclic) bond motifs is 1. The Hall–Kier alpha value is -0.490. The zero-order chi connectivity index (χ0) is 8.72. The lowest BCUT2D eigenvalue weighted by Crippen LogP contribution is -1.99. The van der Waals surface area contributed by atoms with Crippen LogP contribution in [0.25, 0.3) is 11.0 Å². The van der Waals surface area contributed by atoms with Crippen LogP contribution in [0.15, 0.2) is 16.9 Å². The normalized spacial score (nSPS) is 10.8. The summed E-state index contributed by atoms with van der Waals surface area (Å²) >= 11 is 7.97. The van der Waals surface area contributed by atoms with Crippen LogP contribution in [-0.4, -0.2) is 9.97 Å². The lowest BCUT2D eigenvalue weighted by Gasteiger charge is -1.93. The van der Waals surface area contributed by atoms with Gasteiger partial charge >= 0.3 is 5.69 Å². The van der Waals surface area contributed by atoms with E-state index in [0.29, 0.717) is 5.02 Å². The van der Waals surface area contributed by atoms with Gasteiger partial charge in [0, 0.05) is 3.57 Å². The van der Waals surface area contributed by atoms with Gasteiger partial charge in [0.1, 0.15) is 0 Å². The van der Waals surface area contributed by atoms with Crippen molar-refractivity contribution in [2.45, 2.75) is 0 Å². The Morgan fingerprint density at radius 3 is 2.50 bits per heavy atom. The third-order valence-corrected chi connectivity index (χ3v) is 3.08. The van der Waals surface area contributed by atoms with Crippen LogP contribution in [0.5, 0.6) is 0 Å². The minimum absolute atomic E-state index is 0.205. The molecule has 0 unspecified atom stereocenters. The molecular weight excluding hydrogens is 290 g/mol. The van der Waals surface area contributed by atoms with Crippen LogP contribution in [0.3, 0.4) is 0 Å². The molecule has 1 heterocycles. The van der Waals surface area contributed by atoms with Crippen LogP contribution in [-0.2, 0) is 0 Å². The van der Waals surface area contributed by atoms with Crippen LogP contribution in [0.4, 0.5) is 0 Å². The maximum absolute atomic E-state index is 10.9. The number of halogens is 2. The highest BCUT2D eigenvalue weighted by Crippen LogP contribution is 2.22. The number of aromatic amines is 2. The van der Waals surface area contributed by atoms with E-state index in [1.54, 1.807) is 6.07 Å². The summed E-state index contributed by atoms with van der Waals surface area (Å²) in [4.78, 5) is 16.1. The van der Waals surface area contributed by atoms with E-state index >= 15 is 0 Å². The van der Waals surface area contributed by atoms with Crippen molar-refractivity contribution in [1.29, 1.82) is 0 Å². The predicted molar refractivity (Wildman–Crippen MR) is 56.6 cm³/mol. The van der Waals surface area contributed by atoms with Gasteiger partial charge in [0.25, 0.3) is 0 Å². The molecule has 0 fully saturated rings. The molecule has 1 aromatic heterocycles. The van der Waals surface area contributed by atoms with E-state index in [1.807, 2.05) is 6.07 Å². The summed E-state index contributed by atoms with van der Waals surface area (Å²) in [6.07, 6.45) is 0. The van der Waals surface area contributed by atoms with E-state index in [1.165, 1.54) is 0 Å². The van der Waals surface area contributed by atoms with Crippen molar-refractivity contribution in [3.63, 3.8) is 0 Å². The van der Waals surface area contributed by atoms with E-state index in [-0.39, 0.29) is 5.69 Å². The van der Waals surface area contributed by atoms with Gasteiger partial charge < -0.3 is 9.97 Å². The number of aromatic nitrogens is 2. The van der Waals surface area contributed by atoms with E-state index in [9.17, 15) is 4.79 Å². The number of hydrogen-bond acceptors (Lipinski definition) is 1. The molecule has 62 valence electrons. The van der Waals surface area contributed by atoms with Crippen molar-refractivity contribution in [2.75, 3.05) is 0 Å². The number of H-pyrrole nitrogens is 2. The van der Waals surface area contributed by atoms with Gasteiger partial charge in [0.05, 0.1) is 16.1 Å². The molecule has 1 aromatic carbocycles. The molecule has 12 heavy (non-hydrogen) atoms. The Balaban J connectivity index is 2.92. The zero-order valence-electron chi connectivity index (χ0n) is 5.82. The number of benzene rings is 1. The summed E-state index contributed by atoms with van der Waals surface area (Å²) in [6, 6.07) is 3.56. The van der Waals surface area contributed by atoms with Crippen LogP contribution in [0, 0.1) is 3.57 Å². The first kappa shape index (κ1) is 8.12. The molecule has 0 bridgehead atoms. The number of nitrogens with one attached hydrogen (secondary N) is 2. The van der Waals surface area contributed by atoms with E-state index in [4.69, 9.17) is 11.6 Å². The third kappa shape index (κ3) is 1.25. The van der Waals surface area contributed by atoms with Gasteiger partial charge in [-0.2, -0.15) is 0 Å². The lowest BCUT2D eigenvalue weighted by atomic mass is 10.3. The number of hydrogen-bond donors (Lipinski definition) is 2. The molecule has 0 saturated carbocycles. The third-order valence-electron chi connectivity index (χ3n) is 1.56. The number of imidazole rings is 1. The quantitative estimate of drug-likeness (QED) is 0.718. The van der Waals surface area contributed by atoms with Gasteiger partial charge in [0.15, 0.2) is 0 Å². The van der Waals surface area contributed by atoms with E-state index in [0.717, 1.165) is 14.6 Å². The predicted octanol–water partition coefficient (Wildman–Crippen LogP) is 2.11. The highest BCUT2D eigenvalue weighted by atomic mass is 127. The smallest absolute Gasteiger partial charge is 0.306 e. The molecule has 2 rings (SSSR count). The van der Waals surface area contributed by atoms with Crippen molar-refractivity contribution >= 4 is 45.2 Å². The van der Waals surface area contributed by atoms with Crippen molar-refractivity contribution in [1.82, 2.24) is 9.97 Å². The Morgan fingerprint density at radius 2 is 1.83 bits per heavy atom. The van der Waals surface area contributed by atoms with Gasteiger partial charge in [-0.15, -0.1) is 0 Å². The van der Waals surface area contributed by atoms with Crippen LogP contribution in [0.2, 0.25) is 5.02 Å². The minimum atomic E-state index is -0.205. The average molecular weight is 294 g/mol. The number of rotatable bonds is 0. The molecule has 0 aliphatic carbocycles. The fourth-order valence-corrected chi connectivity index (χ4v) is 1.66. The summed E-state index contributed by atoms with van der Waals surface area (Å²) in [7, 11) is 0. The molecule has 2 aromatic rings. The monoisotopic (exact) mass is 294 g/mol. The van der Waals surface area contributed by atoms with Crippen LogP contribution < -0.4 is 5.69 Å². The standard InChI is InChI=1S/C7H4ClIN2O/c8-3-1-5-6(2-4(3)9)11-7(12)10-5/h1-2H,(H2,10,11,12). The molecule has 0 spiro atoms. The summed E-state index contributed by atoms with van der Waals surface area (Å²) in [6.45, 7) is 0. The van der Waals surface area contributed by atoms with Gasteiger partial charge in [0.2, 0.25) is 0 Å². The minimum Gasteiger partial charge on any atom is -0.306 e. The molecule has 0 amide bonds. The Kier molecular flexibility index (Phi) is 1.88. The molecule has 3 nitrogen and oxygen atoms in total. The Labute approximate surface area is 86.3 Å². The van der Waals surface area contributed by atoms with Gasteiger partial charge in [-0.3, -0.25) is 0 Å². The molecule has 0 atom stereocenters. The maximum atomic E-state index is 10.9. The molecule has 2 N–H and O–H groups in total. The second-order valence-electron chi connectivity index (χ2n) is 2.39. The topological polar surface area (TPSA) is 48.6 Å². The molecule has 0 aliphatic heterocycles. The largest absolute Gasteiger partial charge is 0.323 e. The molecule has 0 radical (unpaired) electrons. The Morgan fingerprint density at radius 1 is 1.25 bits per heavy atom. The summed E-state index contributed by atoms with van der Waals surface area (Å²) in [5.74, 6) is 0. The second kappa shape index (κ2) is 2.77. The average Bonchev–Trinajstić information content (AvgIpc) is 2.30. The Bertz CT molecular complexity index is 446. The van der Waals surface area contributed by atoms with Crippen molar-refractivity contribution < 1.29 is 0 Å². The van der Waals surface area contributed by atoms with Gasteiger partial charge in [-0.05, 0) is 34.7 Å². The van der Waals surface area contributed by atoms with Crippen molar-refractivity contribution in [2.24, 2.45) is 0 Å². The van der Waals surface area contributed by atoms with Gasteiger partial charge in [-0.25, -0.2) is 4.79 Å². The lowest BCUT2D eigenvalue weighted by molar-refractivity contribution is 1.21. The zero-order valence-corrected chi connectivity index (χ0v) is 8.73. The second-order valence-corrected chi connectivity index (χ2v) is 3.96. The van der Waals surface area contributed by atoms with E-state index in [2.05, 4.69) is 32.6 Å². The molecular formula is C7H4ClIN2O. The SMILES string of the molecule is O=c1[nH]c2cc(Cl)c(I)cc2[nH]1. The fraction of sp³-hybridized carbons (Fsp3) is 0. The molecule has 0 saturated heterocycles. The molecule has 5 heteroatoms. The maximum Gasteiger partial charge on any atom is 0.323 e. The van der Waals surface area contributed by atoms with Crippen LogP contribution >= 0.6 is 34.2 Å². The van der Waals surface area contributed by atoms with Crippen molar-refractivity contribution in [3.8, 4) is 0 Å².